The molecule has 0 bridgehead atoms. The predicted molar refractivity (Wildman–Crippen MR) is 29.1 cm³/mol. The van der Waals surface area contributed by atoms with Crippen molar-refractivity contribution in [1.29, 1.82) is 5.26 Å². The second-order valence-electron chi connectivity index (χ2n) is 1.87. The molecule has 1 aliphatic rings. The number of rotatable bonds is 1. The smallest absolute Gasteiger partial charge is 0.0945 e. The Morgan fingerprint density at radius 3 is 2.50 bits per heavy atom. The fourth-order valence-corrected chi connectivity index (χ4v) is 0.528. The first-order valence-corrected chi connectivity index (χ1v) is 2.51. The summed E-state index contributed by atoms with van der Waals surface area (Å²) >= 11 is 0. The first-order chi connectivity index (χ1) is 3.84. The van der Waals surface area contributed by atoms with E-state index in [1.54, 1.807) is 0 Å². The number of ether oxygens (including phenoxy) is 1. The normalized spacial score (nSPS) is 18.9. The summed E-state index contributed by atoms with van der Waals surface area (Å²) in [4.78, 5) is 0. The van der Waals surface area contributed by atoms with Crippen LogP contribution in [-0.2, 0) is 4.74 Å². The van der Waals surface area contributed by atoms with Gasteiger partial charge in [-0.25, -0.2) is 0 Å². The summed E-state index contributed by atoms with van der Waals surface area (Å²) in [5, 5.41) is 8.27. The molecule has 8 heavy (non-hydrogen) atoms. The quantitative estimate of drug-likeness (QED) is 0.464. The van der Waals surface area contributed by atoms with E-state index >= 15 is 0 Å². The Kier molecular flexibility index (Phi) is 1.32. The van der Waals surface area contributed by atoms with Gasteiger partial charge >= 0.3 is 0 Å². The highest BCUT2D eigenvalue weighted by Crippen LogP contribution is 2.16. The van der Waals surface area contributed by atoms with Crippen LogP contribution in [0.5, 0.6) is 0 Å². The highest BCUT2D eigenvalue weighted by molar-refractivity contribution is 5.20. The van der Waals surface area contributed by atoms with Crippen molar-refractivity contribution in [3.05, 3.63) is 12.2 Å². The summed E-state index contributed by atoms with van der Waals surface area (Å²) in [7, 11) is 0. The topological polar surface area (TPSA) is 33.0 Å². The lowest BCUT2D eigenvalue weighted by molar-refractivity contribution is -0.0110. The van der Waals surface area contributed by atoms with Crippen LogP contribution in [-0.4, -0.2) is 13.2 Å². The molecule has 0 N–H and O–H groups in total. The minimum atomic E-state index is 0.319. The molecule has 1 heterocycles. The Morgan fingerprint density at radius 2 is 2.38 bits per heavy atom. The molecule has 0 unspecified atom stereocenters. The third-order valence-corrected chi connectivity index (χ3v) is 1.27. The van der Waals surface area contributed by atoms with Gasteiger partial charge in [-0.2, -0.15) is 5.26 Å². The lowest BCUT2D eigenvalue weighted by Crippen LogP contribution is -2.28. The Balaban J connectivity index is 2.37. The lowest BCUT2D eigenvalue weighted by Gasteiger charge is -2.24. The summed E-state index contributed by atoms with van der Waals surface area (Å²) in [6.45, 7) is 4.93. The van der Waals surface area contributed by atoms with Crippen molar-refractivity contribution in [2.24, 2.45) is 5.92 Å². The van der Waals surface area contributed by atoms with Gasteiger partial charge in [0.2, 0.25) is 0 Å². The van der Waals surface area contributed by atoms with Crippen molar-refractivity contribution < 1.29 is 4.74 Å². The maximum atomic E-state index is 8.27. The van der Waals surface area contributed by atoms with Gasteiger partial charge in [-0.1, -0.05) is 6.58 Å². The van der Waals surface area contributed by atoms with Crippen LogP contribution < -0.4 is 0 Å². The van der Waals surface area contributed by atoms with Gasteiger partial charge in [0.25, 0.3) is 0 Å². The fraction of sp³-hybridized carbons (Fsp3) is 0.500. The van der Waals surface area contributed by atoms with Gasteiger partial charge in [-0.15, -0.1) is 0 Å². The van der Waals surface area contributed by atoms with Gasteiger partial charge in [0.05, 0.1) is 19.3 Å². The van der Waals surface area contributed by atoms with E-state index in [0.29, 0.717) is 24.7 Å². The highest BCUT2D eigenvalue weighted by Gasteiger charge is 2.20. The van der Waals surface area contributed by atoms with E-state index in [1.165, 1.54) is 0 Å². The van der Waals surface area contributed by atoms with Crippen LogP contribution in [0.3, 0.4) is 0 Å². The molecule has 0 atom stereocenters. The standard InChI is InChI=1S/C6H7NO/c1-5(2-7)6-3-8-4-6/h6H,1,3-4H2. The molecular weight excluding hydrogens is 102 g/mol. The molecule has 1 aliphatic heterocycles. The molecule has 1 saturated heterocycles. The van der Waals surface area contributed by atoms with Gasteiger partial charge in [-0.3, -0.25) is 0 Å². The SMILES string of the molecule is C=C(C#N)C1COC1. The zero-order chi connectivity index (χ0) is 5.98. The van der Waals surface area contributed by atoms with E-state index in [4.69, 9.17) is 10.00 Å². The van der Waals surface area contributed by atoms with E-state index in [-0.39, 0.29) is 0 Å². The van der Waals surface area contributed by atoms with Crippen LogP contribution in [0.1, 0.15) is 0 Å². The van der Waals surface area contributed by atoms with Crippen LogP contribution in [0.4, 0.5) is 0 Å². The molecule has 42 valence electrons. The van der Waals surface area contributed by atoms with E-state index in [1.807, 2.05) is 6.07 Å². The molecule has 0 saturated carbocycles. The van der Waals surface area contributed by atoms with Gasteiger partial charge in [0, 0.05) is 11.5 Å². The molecule has 0 aromatic heterocycles. The average molecular weight is 109 g/mol. The van der Waals surface area contributed by atoms with Crippen molar-refractivity contribution in [1.82, 2.24) is 0 Å². The van der Waals surface area contributed by atoms with E-state index in [9.17, 15) is 0 Å². The molecule has 1 rings (SSSR count). The summed E-state index contributed by atoms with van der Waals surface area (Å²) < 4.78 is 4.85. The van der Waals surface area contributed by atoms with Crippen LogP contribution in [0.2, 0.25) is 0 Å². The first kappa shape index (κ1) is 5.33. The second kappa shape index (κ2) is 1.97. The Morgan fingerprint density at radius 1 is 1.75 bits per heavy atom. The third kappa shape index (κ3) is 0.728. The molecule has 2 heteroatoms. The molecule has 0 spiro atoms. The van der Waals surface area contributed by atoms with E-state index in [2.05, 4.69) is 6.58 Å². The predicted octanol–water partition coefficient (Wildman–Crippen LogP) is 0.713. The highest BCUT2D eigenvalue weighted by atomic mass is 16.5. The van der Waals surface area contributed by atoms with Gasteiger partial charge in [0.15, 0.2) is 0 Å². The Labute approximate surface area is 48.4 Å². The van der Waals surface area contributed by atoms with Crippen molar-refractivity contribution >= 4 is 0 Å². The van der Waals surface area contributed by atoms with Crippen LogP contribution in [0, 0.1) is 17.2 Å². The van der Waals surface area contributed by atoms with Crippen molar-refractivity contribution in [2.75, 3.05) is 13.2 Å². The zero-order valence-electron chi connectivity index (χ0n) is 4.55. The molecule has 0 aromatic rings. The average Bonchev–Trinajstić information content (AvgIpc) is 1.62. The monoisotopic (exact) mass is 109 g/mol. The molecule has 0 amide bonds. The largest absolute Gasteiger partial charge is 0.380 e. The van der Waals surface area contributed by atoms with Crippen molar-refractivity contribution in [3.8, 4) is 6.07 Å². The Bertz CT molecular complexity index is 141. The van der Waals surface area contributed by atoms with Crippen LogP contribution >= 0.6 is 0 Å². The molecule has 0 radical (unpaired) electrons. The minimum absolute atomic E-state index is 0.319. The maximum Gasteiger partial charge on any atom is 0.0945 e. The zero-order valence-corrected chi connectivity index (χ0v) is 4.55. The minimum Gasteiger partial charge on any atom is -0.380 e. The molecule has 0 aliphatic carbocycles. The second-order valence-corrected chi connectivity index (χ2v) is 1.87. The van der Waals surface area contributed by atoms with Crippen LogP contribution in [0.25, 0.3) is 0 Å². The van der Waals surface area contributed by atoms with Crippen LogP contribution in [0.15, 0.2) is 12.2 Å². The third-order valence-electron chi connectivity index (χ3n) is 1.27. The molecular formula is C6H7NO. The van der Waals surface area contributed by atoms with E-state index in [0.717, 1.165) is 0 Å². The number of nitrogens with zero attached hydrogens (tertiary/aromatic N) is 1. The molecule has 1 fully saturated rings. The van der Waals surface area contributed by atoms with Gasteiger partial charge in [-0.05, 0) is 0 Å². The summed E-state index contributed by atoms with van der Waals surface area (Å²) in [6.07, 6.45) is 0. The fourth-order valence-electron chi connectivity index (χ4n) is 0.528. The van der Waals surface area contributed by atoms with Gasteiger partial charge < -0.3 is 4.74 Å². The summed E-state index contributed by atoms with van der Waals surface area (Å²) in [6, 6.07) is 1.99. The Hall–Kier alpha value is -0.810. The number of hydrogen-bond donors (Lipinski definition) is 0. The number of hydrogen-bond acceptors (Lipinski definition) is 2. The van der Waals surface area contributed by atoms with Crippen molar-refractivity contribution in [2.45, 2.75) is 0 Å². The number of nitriles is 1. The lowest BCUT2D eigenvalue weighted by atomic mass is 10.0. The van der Waals surface area contributed by atoms with Crippen molar-refractivity contribution in [3.63, 3.8) is 0 Å². The van der Waals surface area contributed by atoms with E-state index < -0.39 is 0 Å². The summed E-state index contributed by atoms with van der Waals surface area (Å²) in [5.41, 5.74) is 0.649. The van der Waals surface area contributed by atoms with Gasteiger partial charge in [0.1, 0.15) is 0 Å². The first-order valence-electron chi connectivity index (χ1n) is 2.51. The maximum absolute atomic E-state index is 8.27. The molecule has 2 nitrogen and oxygen atoms in total. The summed E-state index contributed by atoms with van der Waals surface area (Å²) in [5.74, 6) is 0.319. The molecule has 0 aromatic carbocycles.